The Bertz CT molecular complexity index is 1580. The molecule has 4 heterocycles. The van der Waals surface area contributed by atoms with E-state index in [2.05, 4.69) is 35.6 Å². The van der Waals surface area contributed by atoms with Crippen molar-refractivity contribution in [3.8, 4) is 17.1 Å². The van der Waals surface area contributed by atoms with Crippen molar-refractivity contribution in [3.05, 3.63) is 60.4 Å². The van der Waals surface area contributed by atoms with Crippen LogP contribution in [0.3, 0.4) is 0 Å². The number of ether oxygens (including phenoxy) is 2. The molecule has 0 aliphatic carbocycles. The summed E-state index contributed by atoms with van der Waals surface area (Å²) in [7, 11) is 3.08. The molecule has 3 N–H and O–H groups in total. The normalized spacial score (nSPS) is 14.6. The van der Waals surface area contributed by atoms with Gasteiger partial charge < -0.3 is 30.3 Å². The summed E-state index contributed by atoms with van der Waals surface area (Å²) in [5, 5.41) is 12.3. The smallest absolute Gasteiger partial charge is 0.254 e. The summed E-state index contributed by atoms with van der Waals surface area (Å²) in [6.07, 6.45) is 4.41. The predicted octanol–water partition coefficient (Wildman–Crippen LogP) is 3.10. The van der Waals surface area contributed by atoms with Crippen LogP contribution in [0.5, 0.6) is 5.75 Å². The van der Waals surface area contributed by atoms with Gasteiger partial charge in [-0.3, -0.25) is 9.48 Å². The maximum absolute atomic E-state index is 14.8. The van der Waals surface area contributed by atoms with Gasteiger partial charge in [-0.25, -0.2) is 19.3 Å². The Morgan fingerprint density at radius 3 is 2.59 bits per heavy atom. The number of aryl methyl sites for hydroxylation is 1. The van der Waals surface area contributed by atoms with E-state index in [1.165, 1.54) is 42.5 Å². The van der Waals surface area contributed by atoms with Crippen molar-refractivity contribution >= 4 is 34.6 Å². The molecule has 1 aliphatic rings. The van der Waals surface area contributed by atoms with Gasteiger partial charge in [0.25, 0.3) is 5.91 Å². The number of morpholine rings is 1. The summed E-state index contributed by atoms with van der Waals surface area (Å²) in [5.41, 5.74) is 1.39. The molecule has 1 aliphatic heterocycles. The molecule has 3 aromatic heterocycles. The lowest BCUT2D eigenvalue weighted by atomic mass is 10.1. The first-order valence-corrected chi connectivity index (χ1v) is 12.0. The minimum atomic E-state index is -2.74. The Balaban J connectivity index is 1.48. The molecule has 12 nitrogen and oxygen atoms in total. The molecular weight excluding hydrogens is 505 g/mol. The monoisotopic (exact) mass is 536 g/mol. The lowest BCUT2D eigenvalue weighted by Gasteiger charge is -2.28. The minimum absolute atomic E-state index is 0.101. The van der Waals surface area contributed by atoms with E-state index in [1.54, 1.807) is 19.3 Å². The molecule has 5 rings (SSSR count). The van der Waals surface area contributed by atoms with Crippen molar-refractivity contribution in [2.24, 2.45) is 7.05 Å². The van der Waals surface area contributed by atoms with Crippen molar-refractivity contribution in [2.45, 2.75) is 0 Å². The number of amides is 1. The lowest BCUT2D eigenvalue weighted by molar-refractivity contribution is 0.0963. The second-order valence-electron chi connectivity index (χ2n) is 8.60. The fourth-order valence-electron chi connectivity index (χ4n) is 4.16. The largest absolute Gasteiger partial charge is 0.494 e. The molecular formula is C26H28FN9O3. The van der Waals surface area contributed by atoms with E-state index in [9.17, 15) is 9.18 Å². The van der Waals surface area contributed by atoms with E-state index in [4.69, 9.17) is 13.6 Å². The number of carbonyl (C=O) groups is 1. The minimum Gasteiger partial charge on any atom is -0.494 e. The van der Waals surface area contributed by atoms with Gasteiger partial charge in [0.15, 0.2) is 11.6 Å². The van der Waals surface area contributed by atoms with Crippen LogP contribution in [0.1, 0.15) is 14.5 Å². The fraction of sp³-hybridized carbons (Fsp3) is 0.269. The van der Waals surface area contributed by atoms with E-state index in [1.807, 2.05) is 11.4 Å². The fourth-order valence-corrected chi connectivity index (χ4v) is 4.16. The van der Waals surface area contributed by atoms with Crippen LogP contribution in [-0.4, -0.2) is 71.0 Å². The van der Waals surface area contributed by atoms with Crippen molar-refractivity contribution in [1.29, 1.82) is 0 Å². The maximum Gasteiger partial charge on any atom is 0.254 e. The number of methoxy groups -OCH3 is 1. The van der Waals surface area contributed by atoms with E-state index in [0.29, 0.717) is 19.0 Å². The molecule has 1 saturated heterocycles. The highest BCUT2D eigenvalue weighted by Crippen LogP contribution is 2.38. The van der Waals surface area contributed by atoms with Crippen LogP contribution in [0.2, 0.25) is 0 Å². The van der Waals surface area contributed by atoms with Crippen LogP contribution in [-0.2, 0) is 11.8 Å². The number of rotatable bonds is 8. The number of aromatic nitrogens is 5. The Kier molecular flexibility index (Phi) is 6.45. The highest BCUT2D eigenvalue weighted by atomic mass is 19.1. The second kappa shape index (κ2) is 11.3. The number of carbonyl (C=O) groups excluding carboxylic acids is 1. The topological polar surface area (TPSA) is 131 Å². The zero-order valence-corrected chi connectivity index (χ0v) is 21.2. The van der Waals surface area contributed by atoms with E-state index < -0.39 is 18.7 Å². The average molecular weight is 537 g/mol. The highest BCUT2D eigenvalue weighted by Gasteiger charge is 2.20. The molecule has 4 aromatic rings. The number of pyridine rings is 2. The Hall–Kier alpha value is -4.78. The van der Waals surface area contributed by atoms with E-state index >= 15 is 0 Å². The Labute approximate surface area is 228 Å². The molecule has 0 saturated carbocycles. The van der Waals surface area contributed by atoms with Gasteiger partial charge in [-0.15, -0.1) is 0 Å². The molecule has 1 amide bonds. The van der Waals surface area contributed by atoms with Gasteiger partial charge in [0.2, 0.25) is 0 Å². The van der Waals surface area contributed by atoms with Crippen molar-refractivity contribution in [2.75, 3.05) is 55.9 Å². The van der Waals surface area contributed by atoms with Gasteiger partial charge in [0.05, 0.1) is 54.7 Å². The zero-order valence-electron chi connectivity index (χ0n) is 24.2. The van der Waals surface area contributed by atoms with E-state index in [0.717, 1.165) is 18.8 Å². The molecule has 39 heavy (non-hydrogen) atoms. The van der Waals surface area contributed by atoms with Crippen molar-refractivity contribution in [1.82, 2.24) is 30.0 Å². The lowest BCUT2D eigenvalue weighted by Crippen LogP contribution is -2.36. The summed E-state index contributed by atoms with van der Waals surface area (Å²) in [5.74, 6) is -0.330. The van der Waals surface area contributed by atoms with Crippen LogP contribution >= 0.6 is 0 Å². The zero-order chi connectivity index (χ0) is 29.9. The van der Waals surface area contributed by atoms with Crippen LogP contribution in [0.4, 0.5) is 33.1 Å². The third kappa shape index (κ3) is 5.72. The highest BCUT2D eigenvalue weighted by molar-refractivity contribution is 6.00. The molecule has 1 fully saturated rings. The maximum atomic E-state index is 14.8. The van der Waals surface area contributed by atoms with Gasteiger partial charge in [-0.2, -0.15) is 5.10 Å². The summed E-state index contributed by atoms with van der Waals surface area (Å²) in [4.78, 5) is 28.0. The van der Waals surface area contributed by atoms with Gasteiger partial charge in [0, 0.05) is 49.6 Å². The summed E-state index contributed by atoms with van der Waals surface area (Å²) >= 11 is 0. The summed E-state index contributed by atoms with van der Waals surface area (Å²) < 4.78 is 49.6. The van der Waals surface area contributed by atoms with Crippen LogP contribution in [0.25, 0.3) is 11.4 Å². The number of nitrogens with one attached hydrogen (secondary N) is 3. The number of halogens is 1. The molecule has 0 atom stereocenters. The number of hydrogen-bond acceptors (Lipinski definition) is 10. The molecule has 0 spiro atoms. The molecule has 0 unspecified atom stereocenters. The van der Waals surface area contributed by atoms with Gasteiger partial charge in [-0.1, -0.05) is 0 Å². The predicted molar refractivity (Wildman–Crippen MR) is 144 cm³/mol. The van der Waals surface area contributed by atoms with Crippen molar-refractivity contribution in [3.63, 3.8) is 0 Å². The standard InChI is InChI=1S/C26H28FN9O3/c1-28-26(37)19-14-30-23(33-22-5-4-17(13-29-22)36-6-8-39-9-7-36)12-20(19)32-21-11-16(27)10-18(24(21)38-3)25-31-15-35(2)34-25/h4-5,10-15H,6-9H2,1-3H3,(H,28,37)(H2,29,30,32,33)/i1D3. The van der Waals surface area contributed by atoms with Gasteiger partial charge in [-0.05, 0) is 18.2 Å². The van der Waals surface area contributed by atoms with Crippen LogP contribution in [0.15, 0.2) is 49.1 Å². The molecule has 0 radical (unpaired) electrons. The first kappa shape index (κ1) is 22.2. The van der Waals surface area contributed by atoms with Crippen LogP contribution < -0.4 is 25.6 Å². The molecule has 202 valence electrons. The molecule has 13 heteroatoms. The average Bonchev–Trinajstić information content (AvgIpc) is 3.39. The third-order valence-electron chi connectivity index (χ3n) is 6.01. The van der Waals surface area contributed by atoms with E-state index in [-0.39, 0.29) is 39.9 Å². The molecule has 1 aromatic carbocycles. The molecule has 0 bridgehead atoms. The summed E-state index contributed by atoms with van der Waals surface area (Å²) in [6, 6.07) is 7.60. The van der Waals surface area contributed by atoms with Gasteiger partial charge >= 0.3 is 0 Å². The quantitative estimate of drug-likeness (QED) is 0.309. The Morgan fingerprint density at radius 1 is 1.08 bits per heavy atom. The third-order valence-corrected chi connectivity index (χ3v) is 6.01. The Morgan fingerprint density at radius 2 is 1.90 bits per heavy atom. The number of benzene rings is 1. The number of nitrogens with zero attached hydrogens (tertiary/aromatic N) is 6. The number of anilines is 5. The summed E-state index contributed by atoms with van der Waals surface area (Å²) in [6.45, 7) is 0.0967. The van der Waals surface area contributed by atoms with Crippen molar-refractivity contribution < 1.29 is 22.8 Å². The number of hydrogen-bond donors (Lipinski definition) is 3. The van der Waals surface area contributed by atoms with Crippen LogP contribution in [0, 0.1) is 5.82 Å². The first-order valence-electron chi connectivity index (χ1n) is 13.5. The SMILES string of the molecule is [2H]C([2H])([2H])NC(=O)c1cnc(Nc2ccc(N3CCOCC3)cn2)cc1Nc1cc(F)cc(-c2ncn(C)n2)c1OC. The van der Waals surface area contributed by atoms with Gasteiger partial charge in [0.1, 0.15) is 23.8 Å². The second-order valence-corrected chi connectivity index (χ2v) is 8.60. The first-order chi connectivity index (χ1) is 20.1.